The van der Waals surface area contributed by atoms with Crippen LogP contribution in [0.2, 0.25) is 0 Å². The number of nitrogens with one attached hydrogen (secondary N) is 1. The zero-order valence-electron chi connectivity index (χ0n) is 14.9. The molecule has 4 rings (SSSR count). The number of hydrogen-bond donors (Lipinski definition) is 2. The van der Waals surface area contributed by atoms with Gasteiger partial charge in [0.25, 0.3) is 0 Å². The molecule has 0 aromatic rings. The van der Waals surface area contributed by atoms with Crippen LogP contribution in [-0.4, -0.2) is 5.91 Å². The standard InChI is InChI=1S/C20H34N2O/c1-19-11-4-3-5-13(19)6-7-14-15-8-9-17(18(23)22-21)20(15,2)12-10-16(14)19/h13-17H,3-12,21H2,1-2H3,(H,22,23)/t13?,14-,15-,16-,17+,19-,20-/m0/s1. The second kappa shape index (κ2) is 5.47. The predicted octanol–water partition coefficient (Wildman–Crippen LogP) is 4.03. The zero-order chi connectivity index (χ0) is 16.2. The molecule has 3 heteroatoms. The summed E-state index contributed by atoms with van der Waals surface area (Å²) in [5.74, 6) is 9.22. The number of fused-ring (bicyclic) bond motifs is 5. The van der Waals surface area contributed by atoms with Gasteiger partial charge in [-0.05, 0) is 85.9 Å². The Balaban J connectivity index is 1.61. The Bertz CT molecular complexity index is 492. The average molecular weight is 319 g/mol. The highest BCUT2D eigenvalue weighted by atomic mass is 16.2. The van der Waals surface area contributed by atoms with Crippen molar-refractivity contribution >= 4 is 5.91 Å². The summed E-state index contributed by atoms with van der Waals surface area (Å²) in [7, 11) is 0. The van der Waals surface area contributed by atoms with Crippen molar-refractivity contribution in [2.24, 2.45) is 46.3 Å². The first-order valence-corrected chi connectivity index (χ1v) is 10.0. The largest absolute Gasteiger partial charge is 0.294 e. The van der Waals surface area contributed by atoms with Crippen LogP contribution in [0.25, 0.3) is 0 Å². The summed E-state index contributed by atoms with van der Waals surface area (Å²) >= 11 is 0. The van der Waals surface area contributed by atoms with Gasteiger partial charge in [-0.2, -0.15) is 0 Å². The van der Waals surface area contributed by atoms with E-state index in [9.17, 15) is 4.79 Å². The SMILES string of the molecule is C[C@]12CC[C@H]3[C@@H](CCC4CCCC[C@@]43C)[C@@H]1CC[C@@H]2C(=O)NN. The van der Waals surface area contributed by atoms with Crippen molar-refractivity contribution in [2.75, 3.05) is 0 Å². The minimum Gasteiger partial charge on any atom is -0.294 e. The second-order valence-corrected chi connectivity index (χ2v) is 9.59. The monoisotopic (exact) mass is 318 g/mol. The molecule has 23 heavy (non-hydrogen) atoms. The third-order valence-electron chi connectivity index (χ3n) is 9.04. The first-order valence-electron chi connectivity index (χ1n) is 10.0. The molecule has 3 N–H and O–H groups in total. The van der Waals surface area contributed by atoms with Gasteiger partial charge in [0.15, 0.2) is 0 Å². The molecule has 1 unspecified atom stereocenters. The number of carbonyl (C=O) groups excluding carboxylic acids is 1. The molecule has 0 spiro atoms. The summed E-state index contributed by atoms with van der Waals surface area (Å²) in [5.41, 5.74) is 3.24. The van der Waals surface area contributed by atoms with Crippen molar-refractivity contribution in [1.29, 1.82) is 0 Å². The fourth-order valence-electron chi connectivity index (χ4n) is 7.83. The summed E-state index contributed by atoms with van der Waals surface area (Å²) in [6, 6.07) is 0. The van der Waals surface area contributed by atoms with Crippen LogP contribution in [0.3, 0.4) is 0 Å². The lowest BCUT2D eigenvalue weighted by atomic mass is 9.45. The molecule has 1 amide bonds. The summed E-state index contributed by atoms with van der Waals surface area (Å²) in [6.45, 7) is 5.02. The van der Waals surface area contributed by atoms with Gasteiger partial charge >= 0.3 is 0 Å². The average Bonchev–Trinajstić information content (AvgIpc) is 2.91. The topological polar surface area (TPSA) is 55.1 Å². The van der Waals surface area contributed by atoms with Gasteiger partial charge in [-0.25, -0.2) is 5.84 Å². The molecule has 4 fully saturated rings. The summed E-state index contributed by atoms with van der Waals surface area (Å²) in [6.07, 6.45) is 13.6. The minimum absolute atomic E-state index is 0.0889. The lowest BCUT2D eigenvalue weighted by Crippen LogP contribution is -2.54. The molecule has 0 aliphatic heterocycles. The molecule has 0 aromatic carbocycles. The Labute approximate surface area is 141 Å². The van der Waals surface area contributed by atoms with Crippen LogP contribution in [-0.2, 0) is 4.79 Å². The van der Waals surface area contributed by atoms with E-state index in [1.807, 2.05) is 0 Å². The third kappa shape index (κ3) is 2.14. The molecule has 0 radical (unpaired) electrons. The third-order valence-corrected chi connectivity index (χ3v) is 9.04. The fraction of sp³-hybridized carbons (Fsp3) is 0.950. The summed E-state index contributed by atoms with van der Waals surface area (Å²) in [4.78, 5) is 12.3. The summed E-state index contributed by atoms with van der Waals surface area (Å²) in [5, 5.41) is 0. The number of amides is 1. The van der Waals surface area contributed by atoms with Crippen LogP contribution in [0.15, 0.2) is 0 Å². The van der Waals surface area contributed by atoms with Crippen molar-refractivity contribution < 1.29 is 4.79 Å². The van der Waals surface area contributed by atoms with Crippen LogP contribution in [0.4, 0.5) is 0 Å². The fourth-order valence-corrected chi connectivity index (χ4v) is 7.83. The number of hydrazine groups is 1. The van der Waals surface area contributed by atoms with Crippen LogP contribution < -0.4 is 11.3 Å². The molecule has 7 atom stereocenters. The van der Waals surface area contributed by atoms with E-state index in [2.05, 4.69) is 19.3 Å². The Kier molecular flexibility index (Phi) is 3.79. The van der Waals surface area contributed by atoms with Crippen molar-refractivity contribution in [3.05, 3.63) is 0 Å². The highest BCUT2D eigenvalue weighted by molar-refractivity contribution is 5.79. The molecule has 0 saturated heterocycles. The van der Waals surface area contributed by atoms with Gasteiger partial charge in [0.05, 0.1) is 0 Å². The molecule has 4 saturated carbocycles. The lowest BCUT2D eigenvalue weighted by molar-refractivity contribution is -0.137. The van der Waals surface area contributed by atoms with E-state index in [-0.39, 0.29) is 17.2 Å². The Morgan fingerprint density at radius 1 is 0.913 bits per heavy atom. The first-order chi connectivity index (χ1) is 11.0. The van der Waals surface area contributed by atoms with Gasteiger partial charge in [-0.15, -0.1) is 0 Å². The van der Waals surface area contributed by atoms with E-state index < -0.39 is 0 Å². The quantitative estimate of drug-likeness (QED) is 0.436. The lowest BCUT2D eigenvalue weighted by Gasteiger charge is -2.60. The van der Waals surface area contributed by atoms with Crippen LogP contribution >= 0.6 is 0 Å². The summed E-state index contributed by atoms with van der Waals surface area (Å²) < 4.78 is 0. The van der Waals surface area contributed by atoms with Gasteiger partial charge in [0, 0.05) is 5.92 Å². The van der Waals surface area contributed by atoms with Crippen LogP contribution in [0.1, 0.15) is 78.1 Å². The van der Waals surface area contributed by atoms with E-state index in [1.165, 1.54) is 57.8 Å². The van der Waals surface area contributed by atoms with E-state index >= 15 is 0 Å². The van der Waals surface area contributed by atoms with Crippen molar-refractivity contribution in [1.82, 2.24) is 5.43 Å². The molecule has 4 aliphatic rings. The van der Waals surface area contributed by atoms with E-state index in [1.54, 1.807) is 0 Å². The van der Waals surface area contributed by atoms with Gasteiger partial charge in [0.2, 0.25) is 5.91 Å². The van der Waals surface area contributed by atoms with E-state index in [0.29, 0.717) is 5.41 Å². The van der Waals surface area contributed by atoms with E-state index in [0.717, 1.165) is 30.1 Å². The normalized spacial score (nSPS) is 52.2. The van der Waals surface area contributed by atoms with Crippen LogP contribution in [0, 0.1) is 40.4 Å². The molecule has 0 aromatic heterocycles. The maximum atomic E-state index is 12.3. The van der Waals surface area contributed by atoms with Crippen molar-refractivity contribution in [2.45, 2.75) is 78.1 Å². The van der Waals surface area contributed by atoms with Gasteiger partial charge in [0.1, 0.15) is 0 Å². The molecular weight excluding hydrogens is 284 g/mol. The Hall–Kier alpha value is -0.570. The first kappa shape index (κ1) is 15.9. The van der Waals surface area contributed by atoms with Crippen molar-refractivity contribution in [3.63, 3.8) is 0 Å². The maximum absolute atomic E-state index is 12.3. The van der Waals surface area contributed by atoms with Crippen molar-refractivity contribution in [3.8, 4) is 0 Å². The second-order valence-electron chi connectivity index (χ2n) is 9.59. The highest BCUT2D eigenvalue weighted by Crippen LogP contribution is 2.67. The highest BCUT2D eigenvalue weighted by Gasteiger charge is 2.60. The van der Waals surface area contributed by atoms with Gasteiger partial charge in [-0.3, -0.25) is 10.2 Å². The Morgan fingerprint density at radius 2 is 1.70 bits per heavy atom. The number of rotatable bonds is 1. The molecule has 0 heterocycles. The number of nitrogens with two attached hydrogens (primary N) is 1. The number of carbonyl (C=O) groups is 1. The van der Waals surface area contributed by atoms with E-state index in [4.69, 9.17) is 5.84 Å². The minimum atomic E-state index is 0.0889. The van der Waals surface area contributed by atoms with Gasteiger partial charge < -0.3 is 0 Å². The maximum Gasteiger partial charge on any atom is 0.237 e. The van der Waals surface area contributed by atoms with Crippen LogP contribution in [0.5, 0.6) is 0 Å². The molecular formula is C20H34N2O. The predicted molar refractivity (Wildman–Crippen MR) is 92.2 cm³/mol. The molecule has 0 bridgehead atoms. The molecule has 3 nitrogen and oxygen atoms in total. The Morgan fingerprint density at radius 3 is 2.48 bits per heavy atom. The zero-order valence-corrected chi connectivity index (χ0v) is 14.9. The van der Waals surface area contributed by atoms with Gasteiger partial charge in [-0.1, -0.05) is 26.7 Å². The molecule has 4 aliphatic carbocycles. The molecule has 130 valence electrons. The smallest absolute Gasteiger partial charge is 0.237 e. The number of hydrogen-bond acceptors (Lipinski definition) is 2.